The number of non-ortho nitro benzene ring substituents is 1. The number of amides is 3. The zero-order valence-corrected chi connectivity index (χ0v) is 16.4. The highest BCUT2D eigenvalue weighted by molar-refractivity contribution is 7.89. The molecule has 0 atom stereocenters. The van der Waals surface area contributed by atoms with Crippen LogP contribution in [0, 0.1) is 10.1 Å². The Morgan fingerprint density at radius 2 is 1.77 bits per heavy atom. The third-order valence-electron chi connectivity index (χ3n) is 4.39. The summed E-state index contributed by atoms with van der Waals surface area (Å²) in [6, 6.07) is 8.67. The van der Waals surface area contributed by atoms with Crippen LogP contribution in [0.4, 0.5) is 5.69 Å². The Hall–Kier alpha value is -3.64. The lowest BCUT2D eigenvalue weighted by Gasteiger charge is -2.08. The summed E-state index contributed by atoms with van der Waals surface area (Å²) >= 11 is 0. The van der Waals surface area contributed by atoms with Gasteiger partial charge in [0, 0.05) is 37.8 Å². The van der Waals surface area contributed by atoms with E-state index < -0.39 is 32.7 Å². The molecule has 0 aromatic heterocycles. The molecule has 0 fully saturated rings. The monoisotopic (exact) mass is 432 g/mol. The van der Waals surface area contributed by atoms with Crippen molar-refractivity contribution >= 4 is 33.4 Å². The Morgan fingerprint density at radius 3 is 2.47 bits per heavy atom. The molecule has 0 radical (unpaired) electrons. The van der Waals surface area contributed by atoms with Gasteiger partial charge >= 0.3 is 0 Å². The average Bonchev–Trinajstić information content (AvgIpc) is 2.95. The first-order valence-corrected chi connectivity index (χ1v) is 10.1. The highest BCUT2D eigenvalue weighted by Gasteiger charge is 2.33. The van der Waals surface area contributed by atoms with E-state index in [9.17, 15) is 32.9 Å². The van der Waals surface area contributed by atoms with Crippen molar-refractivity contribution in [2.24, 2.45) is 0 Å². The number of benzene rings is 2. The summed E-state index contributed by atoms with van der Waals surface area (Å²) in [6.45, 7) is -0.237. The highest BCUT2D eigenvalue weighted by Crippen LogP contribution is 2.22. The molecule has 11 nitrogen and oxygen atoms in total. The molecule has 12 heteroatoms. The minimum atomic E-state index is -4.00. The number of carbonyl (C=O) groups excluding carboxylic acids is 3. The molecular formula is C18H16N4O7S. The number of nitrogens with zero attached hydrogens (tertiary/aromatic N) is 2. The first kappa shape index (κ1) is 21.1. The summed E-state index contributed by atoms with van der Waals surface area (Å²) in [6.07, 6.45) is 0. The van der Waals surface area contributed by atoms with E-state index in [-0.39, 0.29) is 40.4 Å². The summed E-state index contributed by atoms with van der Waals surface area (Å²) in [4.78, 5) is 46.9. The van der Waals surface area contributed by atoms with Gasteiger partial charge in [0.25, 0.3) is 23.4 Å². The van der Waals surface area contributed by atoms with Crippen molar-refractivity contribution in [3.8, 4) is 0 Å². The lowest BCUT2D eigenvalue weighted by atomic mass is 10.1. The van der Waals surface area contributed by atoms with E-state index in [2.05, 4.69) is 10.0 Å². The molecule has 0 aliphatic carbocycles. The number of sulfonamides is 1. The third kappa shape index (κ3) is 4.04. The summed E-state index contributed by atoms with van der Waals surface area (Å²) in [5.74, 6) is -1.51. The Morgan fingerprint density at radius 1 is 1.07 bits per heavy atom. The highest BCUT2D eigenvalue weighted by atomic mass is 32.2. The Balaban J connectivity index is 1.59. The molecule has 0 saturated heterocycles. The van der Waals surface area contributed by atoms with Crippen molar-refractivity contribution in [3.63, 3.8) is 0 Å². The SMILES string of the molecule is CN1C(=O)c2ccc(C(=O)NCCNS(=O)(=O)c3cccc([N+](=O)[O-])c3)cc2C1=O. The van der Waals surface area contributed by atoms with Gasteiger partial charge in [-0.25, -0.2) is 13.1 Å². The van der Waals surface area contributed by atoms with E-state index in [0.29, 0.717) is 0 Å². The number of rotatable bonds is 7. The van der Waals surface area contributed by atoms with Crippen LogP contribution in [0.2, 0.25) is 0 Å². The second kappa shape index (κ2) is 8.00. The van der Waals surface area contributed by atoms with Crippen molar-refractivity contribution in [2.75, 3.05) is 20.1 Å². The van der Waals surface area contributed by atoms with Crippen molar-refractivity contribution in [2.45, 2.75) is 4.90 Å². The van der Waals surface area contributed by atoms with Crippen LogP contribution in [0.1, 0.15) is 31.1 Å². The predicted molar refractivity (Wildman–Crippen MR) is 103 cm³/mol. The number of carbonyl (C=O) groups is 3. The number of nitrogens with one attached hydrogen (secondary N) is 2. The fraction of sp³-hybridized carbons (Fsp3) is 0.167. The summed E-state index contributed by atoms with van der Waals surface area (Å²) in [5, 5.41) is 13.3. The lowest BCUT2D eigenvalue weighted by Crippen LogP contribution is -2.34. The van der Waals surface area contributed by atoms with Crippen molar-refractivity contribution in [1.29, 1.82) is 0 Å². The second-order valence-corrected chi connectivity index (χ2v) is 8.10. The van der Waals surface area contributed by atoms with E-state index >= 15 is 0 Å². The van der Waals surface area contributed by atoms with Crippen LogP contribution in [-0.2, 0) is 10.0 Å². The maximum atomic E-state index is 12.3. The number of hydrogen-bond acceptors (Lipinski definition) is 7. The quantitative estimate of drug-likeness (QED) is 0.280. The molecule has 156 valence electrons. The minimum Gasteiger partial charge on any atom is -0.351 e. The van der Waals surface area contributed by atoms with Gasteiger partial charge in [-0.2, -0.15) is 0 Å². The predicted octanol–water partition coefficient (Wildman–Crippen LogP) is 0.529. The van der Waals surface area contributed by atoms with Crippen LogP contribution in [0.15, 0.2) is 47.4 Å². The van der Waals surface area contributed by atoms with Gasteiger partial charge in [-0.3, -0.25) is 29.4 Å². The van der Waals surface area contributed by atoms with Crippen LogP contribution < -0.4 is 10.0 Å². The molecule has 2 N–H and O–H groups in total. The first-order valence-electron chi connectivity index (χ1n) is 8.60. The zero-order chi connectivity index (χ0) is 22.1. The van der Waals surface area contributed by atoms with E-state index in [1.807, 2.05) is 0 Å². The Kier molecular flexibility index (Phi) is 5.62. The van der Waals surface area contributed by atoms with Crippen LogP contribution in [-0.4, -0.2) is 56.1 Å². The molecule has 1 aliphatic rings. The molecule has 0 saturated carbocycles. The molecule has 1 heterocycles. The molecule has 0 unspecified atom stereocenters. The van der Waals surface area contributed by atoms with E-state index in [1.165, 1.54) is 43.4 Å². The maximum absolute atomic E-state index is 12.3. The molecule has 1 aliphatic heterocycles. The molecule has 30 heavy (non-hydrogen) atoms. The summed E-state index contributed by atoms with van der Waals surface area (Å²) in [5.41, 5.74) is 0.124. The molecule has 0 spiro atoms. The molecular weight excluding hydrogens is 416 g/mol. The van der Waals surface area contributed by atoms with Gasteiger partial charge in [0.2, 0.25) is 10.0 Å². The number of hydrogen-bond donors (Lipinski definition) is 2. The van der Waals surface area contributed by atoms with Gasteiger partial charge in [-0.05, 0) is 24.3 Å². The smallest absolute Gasteiger partial charge is 0.270 e. The van der Waals surface area contributed by atoms with Gasteiger partial charge in [0.05, 0.1) is 20.9 Å². The first-order chi connectivity index (χ1) is 14.1. The standard InChI is InChI=1S/C18H16N4O7S/c1-21-17(24)14-6-5-11(9-15(14)18(21)25)16(23)19-7-8-20-30(28,29)13-4-2-3-12(10-13)22(26)27/h2-6,9-10,20H,7-8H2,1H3,(H,19,23). The lowest BCUT2D eigenvalue weighted by molar-refractivity contribution is -0.385. The summed E-state index contributed by atoms with van der Waals surface area (Å²) in [7, 11) is -2.65. The minimum absolute atomic E-state index is 0.0726. The molecule has 3 rings (SSSR count). The topological polar surface area (TPSA) is 156 Å². The van der Waals surface area contributed by atoms with Crippen LogP contribution in [0.5, 0.6) is 0 Å². The van der Waals surface area contributed by atoms with Crippen molar-refractivity contribution in [1.82, 2.24) is 14.9 Å². The fourth-order valence-electron chi connectivity index (χ4n) is 2.81. The number of imide groups is 1. The number of nitro groups is 1. The maximum Gasteiger partial charge on any atom is 0.270 e. The van der Waals surface area contributed by atoms with E-state index in [1.54, 1.807) is 0 Å². The van der Waals surface area contributed by atoms with Gasteiger partial charge in [0.1, 0.15) is 0 Å². The Labute approximate surface area is 170 Å². The van der Waals surface area contributed by atoms with Crippen molar-refractivity contribution < 1.29 is 27.7 Å². The van der Waals surface area contributed by atoms with Gasteiger partial charge in [-0.1, -0.05) is 6.07 Å². The number of nitro benzene ring substituents is 1. The largest absolute Gasteiger partial charge is 0.351 e. The molecule has 2 aromatic carbocycles. The Bertz CT molecular complexity index is 1180. The molecule has 3 amide bonds. The average molecular weight is 432 g/mol. The van der Waals surface area contributed by atoms with Crippen LogP contribution >= 0.6 is 0 Å². The second-order valence-electron chi connectivity index (χ2n) is 6.34. The molecule has 0 bridgehead atoms. The summed E-state index contributed by atoms with van der Waals surface area (Å²) < 4.78 is 26.7. The van der Waals surface area contributed by atoms with E-state index in [4.69, 9.17) is 0 Å². The normalized spacial score (nSPS) is 13.3. The number of fused-ring (bicyclic) bond motifs is 1. The van der Waals surface area contributed by atoms with Gasteiger partial charge < -0.3 is 5.32 Å². The fourth-order valence-corrected chi connectivity index (χ4v) is 3.88. The van der Waals surface area contributed by atoms with Crippen molar-refractivity contribution in [3.05, 3.63) is 69.3 Å². The van der Waals surface area contributed by atoms with Crippen LogP contribution in [0.25, 0.3) is 0 Å². The van der Waals surface area contributed by atoms with Gasteiger partial charge in [-0.15, -0.1) is 0 Å². The molecule has 2 aromatic rings. The third-order valence-corrected chi connectivity index (χ3v) is 5.85. The van der Waals surface area contributed by atoms with E-state index in [0.717, 1.165) is 11.0 Å². The van der Waals surface area contributed by atoms with Gasteiger partial charge in [0.15, 0.2) is 0 Å². The zero-order valence-electron chi connectivity index (χ0n) is 15.6. The van der Waals surface area contributed by atoms with Crippen LogP contribution in [0.3, 0.4) is 0 Å².